The maximum atomic E-state index is 9.79. The van der Waals surface area contributed by atoms with Crippen molar-refractivity contribution < 1.29 is 14.6 Å². The third-order valence-corrected chi connectivity index (χ3v) is 4.09. The molecule has 0 bridgehead atoms. The zero-order valence-electron chi connectivity index (χ0n) is 11.0. The molecule has 0 aliphatic rings. The van der Waals surface area contributed by atoms with Crippen molar-refractivity contribution in [2.45, 2.75) is 6.61 Å². The zero-order chi connectivity index (χ0) is 13.9. The molecule has 1 N–H and O–H groups in total. The van der Waals surface area contributed by atoms with Crippen LogP contribution in [0.4, 0.5) is 0 Å². The smallest absolute Gasteiger partial charge is 0.124 e. The van der Waals surface area contributed by atoms with Crippen LogP contribution in [0.5, 0.6) is 17.2 Å². The molecule has 3 nitrogen and oxygen atoms in total. The third-order valence-electron chi connectivity index (χ3n) is 3.01. The van der Waals surface area contributed by atoms with E-state index in [1.54, 1.807) is 24.5 Å². The van der Waals surface area contributed by atoms with E-state index < -0.39 is 0 Å². The van der Waals surface area contributed by atoms with Gasteiger partial charge in [0, 0.05) is 21.0 Å². The Labute approximate surface area is 121 Å². The number of fused-ring (bicyclic) bond motifs is 1. The molecule has 0 unspecified atom stereocenters. The quantitative estimate of drug-likeness (QED) is 0.781. The van der Waals surface area contributed by atoms with Crippen molar-refractivity contribution in [2.75, 3.05) is 7.11 Å². The maximum absolute atomic E-state index is 9.79. The molecule has 3 rings (SSSR count). The van der Waals surface area contributed by atoms with Gasteiger partial charge in [-0.25, -0.2) is 0 Å². The highest BCUT2D eigenvalue weighted by Crippen LogP contribution is 2.32. The van der Waals surface area contributed by atoms with Gasteiger partial charge in [-0.2, -0.15) is 0 Å². The van der Waals surface area contributed by atoms with Crippen molar-refractivity contribution >= 4 is 21.4 Å². The van der Waals surface area contributed by atoms with Crippen LogP contribution in [0.1, 0.15) is 4.88 Å². The number of aromatic hydroxyl groups is 1. The van der Waals surface area contributed by atoms with Crippen molar-refractivity contribution in [3.63, 3.8) is 0 Å². The summed E-state index contributed by atoms with van der Waals surface area (Å²) in [5.41, 5.74) is 0. The van der Waals surface area contributed by atoms with E-state index in [-0.39, 0.29) is 0 Å². The fraction of sp³-hybridized carbons (Fsp3) is 0.125. The van der Waals surface area contributed by atoms with E-state index in [4.69, 9.17) is 9.47 Å². The summed E-state index contributed by atoms with van der Waals surface area (Å²) in [4.78, 5) is 1.07. The Hall–Kier alpha value is -2.20. The molecule has 0 radical (unpaired) electrons. The molecular weight excluding hydrogens is 272 g/mol. The molecular formula is C16H14O3S. The predicted octanol–water partition coefficient (Wildman–Crippen LogP) is 4.19. The first-order valence-corrected chi connectivity index (χ1v) is 7.05. The summed E-state index contributed by atoms with van der Waals surface area (Å²) in [7, 11) is 1.63. The van der Waals surface area contributed by atoms with E-state index in [9.17, 15) is 5.11 Å². The molecule has 0 saturated carbocycles. The van der Waals surface area contributed by atoms with Crippen LogP contribution in [-0.2, 0) is 6.61 Å². The van der Waals surface area contributed by atoms with Crippen molar-refractivity contribution in [3.05, 3.63) is 53.4 Å². The number of ether oxygens (including phenoxy) is 2. The van der Waals surface area contributed by atoms with Crippen molar-refractivity contribution in [1.29, 1.82) is 0 Å². The number of rotatable bonds is 4. The van der Waals surface area contributed by atoms with E-state index in [1.165, 1.54) is 0 Å². The number of thiophene rings is 1. The van der Waals surface area contributed by atoms with Gasteiger partial charge in [0.05, 0.1) is 7.11 Å². The highest BCUT2D eigenvalue weighted by molar-refractivity contribution is 7.19. The fourth-order valence-corrected chi connectivity index (χ4v) is 3.01. The Morgan fingerprint density at radius 1 is 1.05 bits per heavy atom. The average Bonchev–Trinajstić information content (AvgIpc) is 2.90. The number of methoxy groups -OCH3 is 1. The zero-order valence-corrected chi connectivity index (χ0v) is 11.8. The number of hydrogen-bond donors (Lipinski definition) is 1. The largest absolute Gasteiger partial charge is 0.507 e. The highest BCUT2D eigenvalue weighted by Gasteiger charge is 2.06. The first kappa shape index (κ1) is 12.8. The van der Waals surface area contributed by atoms with Gasteiger partial charge in [-0.3, -0.25) is 0 Å². The SMILES string of the molecule is COc1cccc(OCc2cc3c(O)cccc3s2)c1. The number of phenolic OH excluding ortho intramolecular Hbond substituents is 1. The molecule has 2 aromatic carbocycles. The fourth-order valence-electron chi connectivity index (χ4n) is 2.01. The lowest BCUT2D eigenvalue weighted by Crippen LogP contribution is -1.93. The Balaban J connectivity index is 1.78. The number of hydrogen-bond acceptors (Lipinski definition) is 4. The van der Waals surface area contributed by atoms with Gasteiger partial charge in [-0.1, -0.05) is 12.1 Å². The summed E-state index contributed by atoms with van der Waals surface area (Å²) in [6.45, 7) is 0.478. The van der Waals surface area contributed by atoms with Crippen molar-refractivity contribution in [3.8, 4) is 17.2 Å². The average molecular weight is 286 g/mol. The van der Waals surface area contributed by atoms with Crippen LogP contribution >= 0.6 is 11.3 Å². The van der Waals surface area contributed by atoms with Crippen LogP contribution in [0.3, 0.4) is 0 Å². The maximum Gasteiger partial charge on any atom is 0.124 e. The molecule has 0 saturated heterocycles. The number of phenols is 1. The normalized spacial score (nSPS) is 10.7. The van der Waals surface area contributed by atoms with E-state index in [2.05, 4.69) is 0 Å². The molecule has 0 atom stereocenters. The molecule has 1 heterocycles. The predicted molar refractivity (Wildman–Crippen MR) is 80.8 cm³/mol. The van der Waals surface area contributed by atoms with Gasteiger partial charge in [0.1, 0.15) is 23.9 Å². The minimum absolute atomic E-state index is 0.311. The summed E-state index contributed by atoms with van der Waals surface area (Å²) in [6.07, 6.45) is 0. The molecule has 4 heteroatoms. The molecule has 0 fully saturated rings. The Bertz CT molecular complexity index is 733. The Kier molecular flexibility index (Phi) is 3.48. The highest BCUT2D eigenvalue weighted by atomic mass is 32.1. The third kappa shape index (κ3) is 2.56. The van der Waals surface area contributed by atoms with E-state index in [1.807, 2.05) is 42.5 Å². The van der Waals surface area contributed by atoms with Gasteiger partial charge in [0.15, 0.2) is 0 Å². The van der Waals surface area contributed by atoms with Gasteiger partial charge in [0.25, 0.3) is 0 Å². The lowest BCUT2D eigenvalue weighted by atomic mass is 10.2. The molecule has 1 aromatic heterocycles. The van der Waals surface area contributed by atoms with Crippen LogP contribution in [0.15, 0.2) is 48.5 Å². The molecule has 3 aromatic rings. The molecule has 0 amide bonds. The summed E-state index contributed by atoms with van der Waals surface area (Å²) in [5.74, 6) is 1.86. The van der Waals surface area contributed by atoms with E-state index in [0.29, 0.717) is 12.4 Å². The molecule has 0 aliphatic carbocycles. The van der Waals surface area contributed by atoms with Gasteiger partial charge in [-0.05, 0) is 30.3 Å². The summed E-state index contributed by atoms with van der Waals surface area (Å²) < 4.78 is 12.0. The van der Waals surface area contributed by atoms with Crippen LogP contribution in [0.2, 0.25) is 0 Å². The van der Waals surface area contributed by atoms with Crippen molar-refractivity contribution in [1.82, 2.24) is 0 Å². The topological polar surface area (TPSA) is 38.7 Å². The van der Waals surface area contributed by atoms with Gasteiger partial charge in [0.2, 0.25) is 0 Å². The minimum atomic E-state index is 0.311. The Morgan fingerprint density at radius 2 is 1.85 bits per heavy atom. The van der Waals surface area contributed by atoms with Crippen LogP contribution in [0, 0.1) is 0 Å². The van der Waals surface area contributed by atoms with E-state index in [0.717, 1.165) is 26.5 Å². The summed E-state index contributed by atoms with van der Waals surface area (Å²) in [5, 5.41) is 10.7. The second-order valence-electron chi connectivity index (χ2n) is 4.37. The second-order valence-corrected chi connectivity index (χ2v) is 5.54. The minimum Gasteiger partial charge on any atom is -0.507 e. The van der Waals surface area contributed by atoms with Crippen molar-refractivity contribution in [2.24, 2.45) is 0 Å². The van der Waals surface area contributed by atoms with Gasteiger partial charge < -0.3 is 14.6 Å². The first-order valence-electron chi connectivity index (χ1n) is 6.23. The van der Waals surface area contributed by atoms with Gasteiger partial charge in [-0.15, -0.1) is 11.3 Å². The molecule has 0 aliphatic heterocycles. The molecule has 0 spiro atoms. The van der Waals surface area contributed by atoms with Crippen LogP contribution in [0.25, 0.3) is 10.1 Å². The molecule has 20 heavy (non-hydrogen) atoms. The standard InChI is InChI=1S/C16H14O3S/c1-18-11-4-2-5-12(8-11)19-10-13-9-14-15(17)6-3-7-16(14)20-13/h2-9,17H,10H2,1H3. The van der Waals surface area contributed by atoms with Gasteiger partial charge >= 0.3 is 0 Å². The number of benzene rings is 2. The van der Waals surface area contributed by atoms with Crippen LogP contribution in [-0.4, -0.2) is 12.2 Å². The second kappa shape index (κ2) is 5.43. The van der Waals surface area contributed by atoms with Crippen LogP contribution < -0.4 is 9.47 Å². The first-order chi connectivity index (χ1) is 9.76. The lowest BCUT2D eigenvalue weighted by Gasteiger charge is -2.06. The molecule has 102 valence electrons. The Morgan fingerprint density at radius 3 is 2.65 bits per heavy atom. The van der Waals surface area contributed by atoms with E-state index >= 15 is 0 Å². The monoisotopic (exact) mass is 286 g/mol. The lowest BCUT2D eigenvalue weighted by molar-refractivity contribution is 0.307. The summed E-state index contributed by atoms with van der Waals surface area (Å²) in [6, 6.07) is 15.0. The summed E-state index contributed by atoms with van der Waals surface area (Å²) >= 11 is 1.62.